The minimum atomic E-state index is -1.52. The molecule has 9 amide bonds. The Morgan fingerprint density at radius 1 is 0.614 bits per heavy atom. The number of rotatable bonds is 39. The predicted molar refractivity (Wildman–Crippen MR) is 307 cm³/mol. The van der Waals surface area contributed by atoms with Crippen molar-refractivity contribution in [1.29, 1.82) is 0 Å². The van der Waals surface area contributed by atoms with Crippen LogP contribution < -0.4 is 76.9 Å². The fourth-order valence-electron chi connectivity index (χ4n) is 8.75. The van der Waals surface area contributed by atoms with Crippen molar-refractivity contribution in [2.24, 2.45) is 56.2 Å². The van der Waals surface area contributed by atoms with Gasteiger partial charge in [0.15, 0.2) is 11.9 Å². The van der Waals surface area contributed by atoms with E-state index in [9.17, 15) is 57.8 Å². The summed E-state index contributed by atoms with van der Waals surface area (Å²) in [4.78, 5) is 156. The van der Waals surface area contributed by atoms with Crippen molar-refractivity contribution in [3.63, 3.8) is 0 Å². The van der Waals surface area contributed by atoms with Gasteiger partial charge in [0.25, 0.3) is 0 Å². The van der Waals surface area contributed by atoms with Crippen LogP contribution in [0.1, 0.15) is 117 Å². The molecule has 0 aliphatic carbocycles. The van der Waals surface area contributed by atoms with E-state index in [1.54, 1.807) is 58.0 Å². The number of carbonyl (C=O) groups is 11. The zero-order valence-electron chi connectivity index (χ0n) is 48.0. The van der Waals surface area contributed by atoms with Crippen molar-refractivity contribution >= 4 is 77.0 Å². The number of likely N-dealkylation sites (tertiary alicyclic amines) is 1. The van der Waals surface area contributed by atoms with Crippen LogP contribution in [-0.4, -0.2) is 180 Å². The molecule has 464 valence electrons. The van der Waals surface area contributed by atoms with Crippen molar-refractivity contribution in [3.8, 4) is 0 Å². The molecule has 30 heteroatoms. The Morgan fingerprint density at radius 2 is 1.14 bits per heavy atom. The number of benzene rings is 1. The molecule has 0 aromatic heterocycles. The van der Waals surface area contributed by atoms with Crippen LogP contribution in [0, 0.1) is 11.8 Å². The number of guanidine groups is 2. The molecule has 1 aliphatic heterocycles. The van der Waals surface area contributed by atoms with Gasteiger partial charge in [0.1, 0.15) is 42.3 Å². The van der Waals surface area contributed by atoms with Gasteiger partial charge in [-0.15, -0.1) is 0 Å². The van der Waals surface area contributed by atoms with Crippen LogP contribution in [0.15, 0.2) is 40.3 Å². The summed E-state index contributed by atoms with van der Waals surface area (Å²) in [5.74, 6) is -10.8. The number of carboxylic acid groups (broad SMARTS) is 2. The summed E-state index contributed by atoms with van der Waals surface area (Å²) >= 11 is 0. The van der Waals surface area contributed by atoms with Crippen LogP contribution >= 0.6 is 0 Å². The summed E-state index contributed by atoms with van der Waals surface area (Å²) in [5.41, 5.74) is 34.6. The Kier molecular flexibility index (Phi) is 32.3. The Bertz CT molecular complexity index is 2390. The van der Waals surface area contributed by atoms with Gasteiger partial charge in [0.05, 0.1) is 19.1 Å². The second-order valence-corrected chi connectivity index (χ2v) is 20.5. The van der Waals surface area contributed by atoms with Crippen molar-refractivity contribution in [1.82, 2.24) is 47.4 Å². The number of unbranched alkanes of at least 4 members (excludes halogenated alkanes) is 1. The molecule has 1 aliphatic rings. The summed E-state index contributed by atoms with van der Waals surface area (Å²) in [6.45, 7) is 6.40. The average Bonchev–Trinajstić information content (AvgIpc) is 3.97. The standard InChI is InChI=1S/C53H89N17O13/c1-5-30(3)42(48(79)63-28-39(71)62-29-40(72)64-36(51(82)83)21-22-41(73)74)69-49(80)43(31(4)6-2)68-45(76)34(18-10-11-23-54)65-46(77)37(27-32-15-8-7-9-16-32)67-44(75)35(19-13-25-61-53(58)59)66-47(78)38-20-14-26-70(38)50(81)33(55)17-12-24-60-52(56)57/h7-9,15-16,30-31,33-38,42-43H,5-6,10-14,17-29,54-55H2,1-4H3,(H,62,71)(H,63,79)(H,64,72)(H,65,77)(H,66,78)(H,67,75)(H,68,76)(H,69,80)(H,73,74)(H,82,83)(H4,56,57,60)(H4,58,59,61)/t30-,31-,33-,34-,35-,36-,37-,38-,42-,43-/m0/s1. The molecule has 10 atom stereocenters. The number of nitrogens with one attached hydrogen (secondary N) is 8. The topological polar surface area (TPSA) is 509 Å². The van der Waals surface area contributed by atoms with E-state index in [0.29, 0.717) is 44.1 Å². The monoisotopic (exact) mass is 1170 g/mol. The second kappa shape index (κ2) is 37.8. The van der Waals surface area contributed by atoms with Gasteiger partial charge in [-0.2, -0.15) is 0 Å². The number of amides is 9. The molecule has 1 aromatic rings. The summed E-state index contributed by atoms with van der Waals surface area (Å²) in [6, 6.07) is -1.17. The quantitative estimate of drug-likeness (QED) is 0.0170. The van der Waals surface area contributed by atoms with Crippen molar-refractivity contribution in [2.75, 3.05) is 39.3 Å². The lowest BCUT2D eigenvalue weighted by atomic mass is 9.94. The zero-order valence-corrected chi connectivity index (χ0v) is 48.0. The van der Waals surface area contributed by atoms with E-state index in [1.807, 2.05) is 0 Å². The number of aliphatic imine (C=N–C) groups is 2. The summed E-state index contributed by atoms with van der Waals surface area (Å²) in [6.07, 6.45) is 2.19. The normalized spacial score (nSPS) is 16.0. The Morgan fingerprint density at radius 3 is 1.72 bits per heavy atom. The minimum Gasteiger partial charge on any atom is -0.481 e. The van der Waals surface area contributed by atoms with E-state index >= 15 is 0 Å². The largest absolute Gasteiger partial charge is 0.481 e. The summed E-state index contributed by atoms with van der Waals surface area (Å²) in [7, 11) is 0. The van der Waals surface area contributed by atoms with Gasteiger partial charge in [-0.05, 0) is 88.2 Å². The molecule has 2 rings (SSSR count). The fourth-order valence-corrected chi connectivity index (χ4v) is 8.75. The first-order valence-electron chi connectivity index (χ1n) is 28.0. The predicted octanol–water partition coefficient (Wildman–Crippen LogP) is -4.03. The molecule has 30 nitrogen and oxygen atoms in total. The lowest BCUT2D eigenvalue weighted by molar-refractivity contribution is -0.143. The first-order chi connectivity index (χ1) is 39.3. The van der Waals surface area contributed by atoms with Crippen LogP contribution in [0.4, 0.5) is 0 Å². The average molecular weight is 1170 g/mol. The van der Waals surface area contributed by atoms with Gasteiger partial charge < -0.3 is 92.0 Å². The highest BCUT2D eigenvalue weighted by Gasteiger charge is 2.39. The van der Waals surface area contributed by atoms with E-state index in [0.717, 1.165) is 0 Å². The molecule has 0 unspecified atom stereocenters. The molecule has 83 heavy (non-hydrogen) atoms. The third-order valence-electron chi connectivity index (χ3n) is 13.9. The van der Waals surface area contributed by atoms with Crippen LogP contribution in [0.25, 0.3) is 0 Å². The first kappa shape index (κ1) is 71.0. The third-order valence-corrected chi connectivity index (χ3v) is 13.9. The van der Waals surface area contributed by atoms with Crippen molar-refractivity contribution in [3.05, 3.63) is 35.9 Å². The number of carboxylic acids is 2. The highest BCUT2D eigenvalue weighted by atomic mass is 16.4. The zero-order chi connectivity index (χ0) is 62.2. The lowest BCUT2D eigenvalue weighted by Gasteiger charge is -2.30. The van der Waals surface area contributed by atoms with E-state index in [2.05, 4.69) is 52.5 Å². The van der Waals surface area contributed by atoms with Crippen molar-refractivity contribution in [2.45, 2.75) is 166 Å². The minimum absolute atomic E-state index is 0.00499. The van der Waals surface area contributed by atoms with Gasteiger partial charge in [0.2, 0.25) is 53.2 Å². The molecular formula is C53H89N17O13. The first-order valence-corrected chi connectivity index (χ1v) is 28.0. The van der Waals surface area contributed by atoms with E-state index < -0.39 is 151 Å². The molecule has 0 saturated carbocycles. The van der Waals surface area contributed by atoms with Crippen LogP contribution in [0.2, 0.25) is 0 Å². The Balaban J connectivity index is 2.38. The molecule has 0 bridgehead atoms. The number of hydrogen-bond donors (Lipinski definition) is 16. The van der Waals surface area contributed by atoms with E-state index in [1.165, 1.54) is 4.90 Å². The molecular weight excluding hydrogens is 1080 g/mol. The Labute approximate surface area is 483 Å². The van der Waals surface area contributed by atoms with Gasteiger partial charge in [-0.3, -0.25) is 57.9 Å². The fraction of sp³-hybridized carbons (Fsp3) is 0.642. The molecule has 0 radical (unpaired) electrons. The van der Waals surface area contributed by atoms with E-state index in [-0.39, 0.29) is 76.6 Å². The lowest BCUT2D eigenvalue weighted by Crippen LogP contribution is -2.61. The van der Waals surface area contributed by atoms with Gasteiger partial charge in [0, 0.05) is 32.5 Å². The number of hydrogen-bond acceptors (Lipinski definition) is 15. The third kappa shape index (κ3) is 26.5. The molecule has 1 fully saturated rings. The number of nitrogens with two attached hydrogens (primary N) is 6. The molecule has 1 aromatic carbocycles. The highest BCUT2D eigenvalue weighted by molar-refractivity contribution is 5.98. The maximum Gasteiger partial charge on any atom is 0.326 e. The number of carbonyl (C=O) groups excluding carboxylic acids is 9. The van der Waals surface area contributed by atoms with Crippen LogP contribution in [-0.2, 0) is 59.2 Å². The van der Waals surface area contributed by atoms with Gasteiger partial charge in [-0.1, -0.05) is 70.9 Å². The highest BCUT2D eigenvalue weighted by Crippen LogP contribution is 2.20. The van der Waals surface area contributed by atoms with E-state index in [4.69, 9.17) is 39.5 Å². The second-order valence-electron chi connectivity index (χ2n) is 20.5. The molecule has 22 N–H and O–H groups in total. The van der Waals surface area contributed by atoms with Crippen LogP contribution in [0.5, 0.6) is 0 Å². The van der Waals surface area contributed by atoms with Gasteiger partial charge >= 0.3 is 11.9 Å². The Hall–Kier alpha value is -8.15. The summed E-state index contributed by atoms with van der Waals surface area (Å²) in [5, 5.41) is 38.8. The van der Waals surface area contributed by atoms with Crippen LogP contribution in [0.3, 0.4) is 0 Å². The molecule has 0 spiro atoms. The number of aliphatic carboxylic acids is 2. The maximum atomic E-state index is 14.6. The SMILES string of the molecule is CC[C@H](C)[C@H](NC(=O)[C@H](CCCCN)NC(=O)[C@H](Cc1ccccc1)NC(=O)[C@H](CCCN=C(N)N)NC(=O)[C@@H]1CCCN1C(=O)[C@@H](N)CCCN=C(N)N)C(=O)N[C@H](C(=O)NCC(=O)NCC(=O)N[C@@H](CCC(=O)O)C(=O)O)[C@@H](C)CC. The summed E-state index contributed by atoms with van der Waals surface area (Å²) < 4.78 is 0. The van der Waals surface area contributed by atoms with Gasteiger partial charge in [-0.25, -0.2) is 4.79 Å². The smallest absolute Gasteiger partial charge is 0.326 e. The molecule has 1 saturated heterocycles. The number of nitrogens with zero attached hydrogens (tertiary/aromatic N) is 3. The maximum absolute atomic E-state index is 14.6. The molecule has 1 heterocycles. The van der Waals surface area contributed by atoms with Crippen molar-refractivity contribution < 1.29 is 63.0 Å².